The first-order valence-electron chi connectivity index (χ1n) is 5.83. The van der Waals surface area contributed by atoms with Gasteiger partial charge in [0.15, 0.2) is 0 Å². The molecule has 1 fully saturated rings. The molecule has 0 unspecified atom stereocenters. The maximum absolute atomic E-state index is 11.3. The van der Waals surface area contributed by atoms with Gasteiger partial charge in [0.1, 0.15) is 5.72 Å². The Balaban J connectivity index is 2.23. The summed E-state index contributed by atoms with van der Waals surface area (Å²) in [6.45, 7) is 2.47. The van der Waals surface area contributed by atoms with E-state index in [4.69, 9.17) is 4.74 Å². The minimum atomic E-state index is -1.03. The van der Waals surface area contributed by atoms with Crippen LogP contribution in [0.1, 0.15) is 51.9 Å². The van der Waals surface area contributed by atoms with Crippen molar-refractivity contribution < 1.29 is 14.6 Å². The van der Waals surface area contributed by atoms with Crippen LogP contribution in [-0.4, -0.2) is 23.5 Å². The summed E-state index contributed by atoms with van der Waals surface area (Å²) in [5.41, 5.74) is -1.03. The molecule has 0 heterocycles. The third-order valence-electron chi connectivity index (χ3n) is 2.75. The van der Waals surface area contributed by atoms with Crippen molar-refractivity contribution in [2.75, 3.05) is 6.61 Å². The van der Waals surface area contributed by atoms with Gasteiger partial charge >= 0.3 is 6.09 Å². The van der Waals surface area contributed by atoms with Crippen molar-refractivity contribution in [3.63, 3.8) is 0 Å². The Morgan fingerprint density at radius 2 is 2.07 bits per heavy atom. The molecule has 1 rings (SSSR count). The molecule has 2 N–H and O–H groups in total. The molecule has 1 aliphatic rings. The molecule has 0 aromatic heterocycles. The van der Waals surface area contributed by atoms with E-state index in [9.17, 15) is 9.90 Å². The largest absolute Gasteiger partial charge is 0.450 e. The van der Waals surface area contributed by atoms with Crippen LogP contribution in [0.5, 0.6) is 0 Å². The van der Waals surface area contributed by atoms with E-state index in [1.54, 1.807) is 0 Å². The first kappa shape index (κ1) is 12.3. The van der Waals surface area contributed by atoms with Gasteiger partial charge in [0.2, 0.25) is 0 Å². The number of hydrogen-bond donors (Lipinski definition) is 2. The van der Waals surface area contributed by atoms with Gasteiger partial charge in [-0.05, 0) is 32.1 Å². The van der Waals surface area contributed by atoms with Gasteiger partial charge in [-0.25, -0.2) is 4.79 Å². The summed E-state index contributed by atoms with van der Waals surface area (Å²) in [5, 5.41) is 12.5. The number of carbonyl (C=O) groups excluding carboxylic acids is 1. The normalized spacial score (nSPS) is 19.6. The fourth-order valence-corrected chi connectivity index (χ4v) is 1.80. The van der Waals surface area contributed by atoms with Crippen molar-refractivity contribution in [1.29, 1.82) is 0 Å². The monoisotopic (exact) mass is 215 g/mol. The highest BCUT2D eigenvalue weighted by molar-refractivity contribution is 5.67. The van der Waals surface area contributed by atoms with Gasteiger partial charge in [-0.2, -0.15) is 0 Å². The van der Waals surface area contributed by atoms with Gasteiger partial charge in [-0.15, -0.1) is 0 Å². The number of aliphatic hydroxyl groups is 1. The average Bonchev–Trinajstić information content (AvgIpc) is 2.18. The van der Waals surface area contributed by atoms with Crippen molar-refractivity contribution in [1.82, 2.24) is 5.32 Å². The second kappa shape index (κ2) is 5.95. The van der Waals surface area contributed by atoms with Crippen LogP contribution in [0.3, 0.4) is 0 Å². The van der Waals surface area contributed by atoms with Crippen LogP contribution in [0, 0.1) is 0 Å². The molecular formula is C11H21NO3. The molecule has 0 atom stereocenters. The van der Waals surface area contributed by atoms with Gasteiger partial charge in [0.05, 0.1) is 6.61 Å². The van der Waals surface area contributed by atoms with E-state index in [2.05, 4.69) is 5.32 Å². The fraction of sp³-hybridized carbons (Fsp3) is 0.909. The fourth-order valence-electron chi connectivity index (χ4n) is 1.80. The average molecular weight is 215 g/mol. The van der Waals surface area contributed by atoms with Crippen molar-refractivity contribution in [3.8, 4) is 0 Å². The molecular weight excluding hydrogens is 194 g/mol. The highest BCUT2D eigenvalue weighted by atomic mass is 16.6. The minimum absolute atomic E-state index is 0.429. The SMILES string of the molecule is CCCCOC(=O)NC1(O)CCCCC1. The van der Waals surface area contributed by atoms with E-state index in [1.165, 1.54) is 0 Å². The van der Waals surface area contributed by atoms with Gasteiger partial charge in [0.25, 0.3) is 0 Å². The summed E-state index contributed by atoms with van der Waals surface area (Å²) in [6.07, 6.45) is 5.70. The van der Waals surface area contributed by atoms with Crippen LogP contribution < -0.4 is 5.32 Å². The molecule has 0 bridgehead atoms. The van der Waals surface area contributed by atoms with Crippen LogP contribution in [0.4, 0.5) is 4.79 Å². The van der Waals surface area contributed by atoms with Crippen molar-refractivity contribution in [2.24, 2.45) is 0 Å². The van der Waals surface area contributed by atoms with Crippen LogP contribution in [0.2, 0.25) is 0 Å². The first-order valence-corrected chi connectivity index (χ1v) is 5.83. The number of unbranched alkanes of at least 4 members (excludes halogenated alkanes) is 1. The Morgan fingerprint density at radius 1 is 1.40 bits per heavy atom. The van der Waals surface area contributed by atoms with Crippen molar-refractivity contribution in [2.45, 2.75) is 57.6 Å². The molecule has 1 saturated carbocycles. The molecule has 1 aliphatic carbocycles. The molecule has 4 nitrogen and oxygen atoms in total. The number of rotatable bonds is 4. The van der Waals surface area contributed by atoms with Gasteiger partial charge in [-0.1, -0.05) is 19.8 Å². The summed E-state index contributed by atoms with van der Waals surface area (Å²) in [5.74, 6) is 0. The highest BCUT2D eigenvalue weighted by Crippen LogP contribution is 2.25. The molecule has 0 aromatic rings. The molecule has 0 aromatic carbocycles. The lowest BCUT2D eigenvalue weighted by Gasteiger charge is -2.32. The number of alkyl carbamates (subject to hydrolysis) is 1. The maximum Gasteiger partial charge on any atom is 0.409 e. The van der Waals surface area contributed by atoms with Crippen LogP contribution >= 0.6 is 0 Å². The maximum atomic E-state index is 11.3. The van der Waals surface area contributed by atoms with E-state index in [0.717, 1.165) is 32.1 Å². The molecule has 88 valence electrons. The summed E-state index contributed by atoms with van der Waals surface area (Å²) in [7, 11) is 0. The standard InChI is InChI=1S/C11H21NO3/c1-2-3-9-15-10(13)12-11(14)7-5-4-6-8-11/h14H,2-9H2,1H3,(H,12,13). The molecule has 15 heavy (non-hydrogen) atoms. The second-order valence-corrected chi connectivity index (χ2v) is 4.21. The summed E-state index contributed by atoms with van der Waals surface area (Å²) >= 11 is 0. The number of carbonyl (C=O) groups is 1. The lowest BCUT2D eigenvalue weighted by atomic mass is 9.92. The number of amides is 1. The third kappa shape index (κ3) is 4.51. The van der Waals surface area contributed by atoms with E-state index in [-0.39, 0.29) is 0 Å². The second-order valence-electron chi connectivity index (χ2n) is 4.21. The Labute approximate surface area is 91.0 Å². The zero-order chi connectivity index (χ0) is 11.1. The number of nitrogens with one attached hydrogen (secondary N) is 1. The predicted octanol–water partition coefficient (Wildman–Crippen LogP) is 2.17. The molecule has 1 amide bonds. The van der Waals surface area contributed by atoms with Crippen LogP contribution in [0.25, 0.3) is 0 Å². The van der Waals surface area contributed by atoms with Gasteiger partial charge < -0.3 is 9.84 Å². The first-order chi connectivity index (χ1) is 7.16. The van der Waals surface area contributed by atoms with E-state index in [1.807, 2.05) is 6.92 Å². The third-order valence-corrected chi connectivity index (χ3v) is 2.75. The lowest BCUT2D eigenvalue weighted by Crippen LogP contribution is -2.49. The molecule has 0 saturated heterocycles. The Kier molecular flexibility index (Phi) is 4.88. The van der Waals surface area contributed by atoms with Crippen molar-refractivity contribution in [3.05, 3.63) is 0 Å². The summed E-state index contributed by atoms with van der Waals surface area (Å²) < 4.78 is 4.94. The highest BCUT2D eigenvalue weighted by Gasteiger charge is 2.31. The summed E-state index contributed by atoms with van der Waals surface area (Å²) in [4.78, 5) is 11.3. The Morgan fingerprint density at radius 3 is 2.67 bits per heavy atom. The van der Waals surface area contributed by atoms with E-state index in [0.29, 0.717) is 19.4 Å². The Hall–Kier alpha value is -0.770. The van der Waals surface area contributed by atoms with Gasteiger partial charge in [-0.3, -0.25) is 5.32 Å². The smallest absolute Gasteiger partial charge is 0.409 e. The minimum Gasteiger partial charge on any atom is -0.450 e. The molecule has 0 spiro atoms. The topological polar surface area (TPSA) is 58.6 Å². The number of ether oxygens (including phenoxy) is 1. The lowest BCUT2D eigenvalue weighted by molar-refractivity contribution is -0.0262. The number of hydrogen-bond acceptors (Lipinski definition) is 3. The Bertz CT molecular complexity index is 200. The molecule has 0 aliphatic heterocycles. The van der Waals surface area contributed by atoms with E-state index < -0.39 is 11.8 Å². The van der Waals surface area contributed by atoms with Crippen molar-refractivity contribution >= 4 is 6.09 Å². The van der Waals surface area contributed by atoms with Gasteiger partial charge in [0, 0.05) is 0 Å². The van der Waals surface area contributed by atoms with E-state index >= 15 is 0 Å². The zero-order valence-corrected chi connectivity index (χ0v) is 9.42. The van der Waals surface area contributed by atoms with Crippen LogP contribution in [0.15, 0.2) is 0 Å². The quantitative estimate of drug-likeness (QED) is 0.558. The van der Waals surface area contributed by atoms with Crippen LogP contribution in [-0.2, 0) is 4.74 Å². The summed E-state index contributed by atoms with van der Waals surface area (Å²) in [6, 6.07) is 0. The molecule has 0 radical (unpaired) electrons. The zero-order valence-electron chi connectivity index (χ0n) is 9.42. The predicted molar refractivity (Wildman–Crippen MR) is 57.4 cm³/mol. The molecule has 4 heteroatoms.